The predicted molar refractivity (Wildman–Crippen MR) is 154 cm³/mol. The highest BCUT2D eigenvalue weighted by atomic mass is 16.6. The SMILES string of the molecule is CCOc1cc(/C=N\NC(=O)c2ccc(NC(=O)Cc3ccccc3)cc2)ccc1OC(=O)Cc1ccccc1. The normalized spacial score (nSPS) is 10.6. The molecule has 8 heteroatoms. The van der Waals surface area contributed by atoms with Gasteiger partial charge in [0.15, 0.2) is 11.5 Å². The zero-order chi connectivity index (χ0) is 28.2. The van der Waals surface area contributed by atoms with Gasteiger partial charge in [0.1, 0.15) is 0 Å². The van der Waals surface area contributed by atoms with Gasteiger partial charge in [0.25, 0.3) is 5.91 Å². The van der Waals surface area contributed by atoms with Gasteiger partial charge in [-0.05, 0) is 66.1 Å². The minimum atomic E-state index is -0.407. The van der Waals surface area contributed by atoms with Gasteiger partial charge in [0.2, 0.25) is 5.91 Å². The van der Waals surface area contributed by atoms with E-state index in [9.17, 15) is 14.4 Å². The number of ether oxygens (including phenoxy) is 2. The number of nitrogens with one attached hydrogen (secondary N) is 2. The van der Waals surface area contributed by atoms with Crippen LogP contribution in [-0.4, -0.2) is 30.6 Å². The van der Waals surface area contributed by atoms with E-state index >= 15 is 0 Å². The van der Waals surface area contributed by atoms with Crippen LogP contribution in [0.4, 0.5) is 5.69 Å². The van der Waals surface area contributed by atoms with Crippen molar-refractivity contribution in [3.8, 4) is 11.5 Å². The molecule has 0 fully saturated rings. The quantitative estimate of drug-likeness (QED) is 0.119. The van der Waals surface area contributed by atoms with Crippen LogP contribution in [0.3, 0.4) is 0 Å². The van der Waals surface area contributed by atoms with Gasteiger partial charge >= 0.3 is 5.97 Å². The Hall–Kier alpha value is -5.24. The van der Waals surface area contributed by atoms with E-state index in [0.29, 0.717) is 34.9 Å². The lowest BCUT2D eigenvalue weighted by atomic mass is 10.1. The third-order valence-electron chi connectivity index (χ3n) is 5.70. The average Bonchev–Trinajstić information content (AvgIpc) is 2.96. The Labute approximate surface area is 232 Å². The average molecular weight is 536 g/mol. The second kappa shape index (κ2) is 14.1. The van der Waals surface area contributed by atoms with Crippen LogP contribution in [0.25, 0.3) is 0 Å². The minimum absolute atomic E-state index is 0.142. The molecular weight excluding hydrogens is 506 g/mol. The summed E-state index contributed by atoms with van der Waals surface area (Å²) in [6.07, 6.45) is 1.87. The van der Waals surface area contributed by atoms with Crippen LogP contribution in [-0.2, 0) is 22.4 Å². The molecule has 0 aromatic heterocycles. The molecule has 4 aromatic rings. The molecule has 0 aliphatic carbocycles. The largest absolute Gasteiger partial charge is 0.490 e. The Kier molecular flexibility index (Phi) is 9.77. The van der Waals surface area contributed by atoms with Crippen LogP contribution in [0.15, 0.2) is 108 Å². The summed E-state index contributed by atoms with van der Waals surface area (Å²) in [5, 5.41) is 6.85. The van der Waals surface area contributed by atoms with Crippen molar-refractivity contribution in [2.45, 2.75) is 19.8 Å². The van der Waals surface area contributed by atoms with Crippen LogP contribution in [0.2, 0.25) is 0 Å². The summed E-state index contributed by atoms with van der Waals surface area (Å²) in [6, 6.07) is 30.3. The summed E-state index contributed by atoms with van der Waals surface area (Å²) < 4.78 is 11.2. The van der Waals surface area contributed by atoms with E-state index in [1.807, 2.05) is 67.6 Å². The number of hydrazone groups is 1. The van der Waals surface area contributed by atoms with Crippen molar-refractivity contribution in [1.82, 2.24) is 5.43 Å². The molecular formula is C32H29N3O5. The molecule has 202 valence electrons. The number of hydrogen-bond acceptors (Lipinski definition) is 6. The smallest absolute Gasteiger partial charge is 0.315 e. The van der Waals surface area contributed by atoms with Gasteiger partial charge in [-0.2, -0.15) is 5.10 Å². The first-order valence-corrected chi connectivity index (χ1v) is 12.8. The number of amides is 2. The van der Waals surface area contributed by atoms with Crippen molar-refractivity contribution in [2.24, 2.45) is 5.10 Å². The van der Waals surface area contributed by atoms with E-state index in [1.165, 1.54) is 6.21 Å². The van der Waals surface area contributed by atoms with E-state index < -0.39 is 11.9 Å². The van der Waals surface area contributed by atoms with Gasteiger partial charge in [0, 0.05) is 11.3 Å². The van der Waals surface area contributed by atoms with Crippen LogP contribution >= 0.6 is 0 Å². The maximum atomic E-state index is 12.5. The Morgan fingerprint density at radius 1 is 0.775 bits per heavy atom. The van der Waals surface area contributed by atoms with Gasteiger partial charge in [-0.1, -0.05) is 60.7 Å². The van der Waals surface area contributed by atoms with Gasteiger partial charge in [-0.25, -0.2) is 5.43 Å². The zero-order valence-corrected chi connectivity index (χ0v) is 22.0. The lowest BCUT2D eigenvalue weighted by Crippen LogP contribution is -2.18. The topological polar surface area (TPSA) is 106 Å². The van der Waals surface area contributed by atoms with Crippen molar-refractivity contribution in [3.63, 3.8) is 0 Å². The number of anilines is 1. The number of benzene rings is 4. The van der Waals surface area contributed by atoms with E-state index in [4.69, 9.17) is 9.47 Å². The molecule has 0 aliphatic heterocycles. The number of nitrogens with zero attached hydrogens (tertiary/aromatic N) is 1. The van der Waals surface area contributed by atoms with Crippen molar-refractivity contribution in [3.05, 3.63) is 125 Å². The molecule has 8 nitrogen and oxygen atoms in total. The fourth-order valence-electron chi connectivity index (χ4n) is 3.80. The Morgan fingerprint density at radius 2 is 1.43 bits per heavy atom. The highest BCUT2D eigenvalue weighted by Gasteiger charge is 2.12. The Bertz CT molecular complexity index is 1470. The maximum Gasteiger partial charge on any atom is 0.315 e. The molecule has 2 N–H and O–H groups in total. The zero-order valence-electron chi connectivity index (χ0n) is 22.0. The third kappa shape index (κ3) is 8.39. The van der Waals surface area contributed by atoms with Crippen molar-refractivity contribution in [1.29, 1.82) is 0 Å². The Morgan fingerprint density at radius 3 is 2.08 bits per heavy atom. The predicted octanol–water partition coefficient (Wildman–Crippen LogP) is 5.18. The molecule has 0 saturated heterocycles. The van der Waals surface area contributed by atoms with Crippen molar-refractivity contribution in [2.75, 3.05) is 11.9 Å². The summed E-state index contributed by atoms with van der Waals surface area (Å²) in [5.41, 5.74) is 5.87. The van der Waals surface area contributed by atoms with Crippen LogP contribution < -0.4 is 20.2 Å². The van der Waals surface area contributed by atoms with E-state index in [0.717, 1.165) is 11.1 Å². The third-order valence-corrected chi connectivity index (χ3v) is 5.70. The van der Waals surface area contributed by atoms with Crippen LogP contribution in [0.1, 0.15) is 34.0 Å². The van der Waals surface area contributed by atoms with Gasteiger partial charge in [-0.15, -0.1) is 0 Å². The van der Waals surface area contributed by atoms with Crippen molar-refractivity contribution < 1.29 is 23.9 Å². The lowest BCUT2D eigenvalue weighted by Gasteiger charge is -2.11. The molecule has 2 amide bonds. The molecule has 0 saturated carbocycles. The van der Waals surface area contributed by atoms with Crippen molar-refractivity contribution >= 4 is 29.7 Å². The fraction of sp³-hybridized carbons (Fsp3) is 0.125. The summed E-state index contributed by atoms with van der Waals surface area (Å²) in [5.74, 6) is -0.252. The number of esters is 1. The van der Waals surface area contributed by atoms with Gasteiger partial charge in [0.05, 0.1) is 25.7 Å². The highest BCUT2D eigenvalue weighted by molar-refractivity contribution is 5.96. The standard InChI is InChI=1S/C32H29N3O5/c1-2-39-29-19-25(13-18-28(29)40-31(37)21-24-11-7-4-8-12-24)22-33-35-32(38)26-14-16-27(17-15-26)34-30(36)20-23-9-5-3-6-10-23/h3-19,22H,2,20-21H2,1H3,(H,34,36)(H,35,38)/b33-22-. The fourth-order valence-corrected chi connectivity index (χ4v) is 3.80. The van der Waals surface area contributed by atoms with Gasteiger partial charge in [-0.3, -0.25) is 14.4 Å². The summed E-state index contributed by atoms with van der Waals surface area (Å²) in [4.78, 5) is 37.1. The first-order chi connectivity index (χ1) is 19.5. The molecule has 0 bridgehead atoms. The number of carbonyl (C=O) groups excluding carboxylic acids is 3. The van der Waals surface area contributed by atoms with E-state index in [1.54, 1.807) is 42.5 Å². The second-order valence-electron chi connectivity index (χ2n) is 8.76. The maximum absolute atomic E-state index is 12.5. The molecule has 0 aliphatic rings. The summed E-state index contributed by atoms with van der Waals surface area (Å²) >= 11 is 0. The molecule has 0 radical (unpaired) electrons. The van der Waals surface area contributed by atoms with Crippen LogP contribution in [0.5, 0.6) is 11.5 Å². The first kappa shape index (κ1) is 27.8. The molecule has 4 aromatic carbocycles. The molecule has 0 heterocycles. The highest BCUT2D eigenvalue weighted by Crippen LogP contribution is 2.28. The molecule has 0 spiro atoms. The Balaban J connectivity index is 1.31. The summed E-state index contributed by atoms with van der Waals surface area (Å²) in [7, 11) is 0. The monoisotopic (exact) mass is 535 g/mol. The second-order valence-corrected chi connectivity index (χ2v) is 8.76. The first-order valence-electron chi connectivity index (χ1n) is 12.8. The number of carbonyl (C=O) groups is 3. The number of rotatable bonds is 11. The molecule has 40 heavy (non-hydrogen) atoms. The van der Waals surface area contributed by atoms with Gasteiger partial charge < -0.3 is 14.8 Å². The lowest BCUT2D eigenvalue weighted by molar-refractivity contribution is -0.133. The van der Waals surface area contributed by atoms with Crippen LogP contribution in [0, 0.1) is 0 Å². The molecule has 4 rings (SSSR count). The summed E-state index contributed by atoms with van der Waals surface area (Å²) in [6.45, 7) is 2.21. The minimum Gasteiger partial charge on any atom is -0.490 e. The molecule has 0 unspecified atom stereocenters. The molecule has 0 atom stereocenters. The van der Waals surface area contributed by atoms with E-state index in [-0.39, 0.29) is 18.7 Å². The number of hydrogen-bond donors (Lipinski definition) is 2. The van der Waals surface area contributed by atoms with E-state index in [2.05, 4.69) is 15.8 Å².